The Morgan fingerprint density at radius 2 is 2.06 bits per heavy atom. The number of ether oxygens (including phenoxy) is 1. The van der Waals surface area contributed by atoms with E-state index < -0.39 is 0 Å². The highest BCUT2D eigenvalue weighted by Gasteiger charge is 2.38. The van der Waals surface area contributed by atoms with E-state index in [2.05, 4.69) is 10.2 Å². The quantitative estimate of drug-likeness (QED) is 0.802. The van der Waals surface area contributed by atoms with Gasteiger partial charge in [-0.05, 0) is 51.1 Å². The first-order valence-corrected chi connectivity index (χ1v) is 7.46. The fourth-order valence-corrected chi connectivity index (χ4v) is 3.69. The highest BCUT2D eigenvalue weighted by Crippen LogP contribution is 2.31. The van der Waals surface area contributed by atoms with Crippen LogP contribution < -0.4 is 5.32 Å². The summed E-state index contributed by atoms with van der Waals surface area (Å²) in [4.78, 5) is 14.6. The Labute approximate surface area is 109 Å². The lowest BCUT2D eigenvalue weighted by molar-refractivity contribution is -0.145. The summed E-state index contributed by atoms with van der Waals surface area (Å²) in [6, 6.07) is 0.382. The smallest absolute Gasteiger partial charge is 0.223 e. The van der Waals surface area contributed by atoms with Crippen molar-refractivity contribution in [3.05, 3.63) is 0 Å². The molecule has 0 spiro atoms. The van der Waals surface area contributed by atoms with E-state index in [9.17, 15) is 4.79 Å². The van der Waals surface area contributed by atoms with Gasteiger partial charge in [0.25, 0.3) is 0 Å². The molecule has 2 aliphatic heterocycles. The zero-order valence-corrected chi connectivity index (χ0v) is 11.1. The average molecular weight is 252 g/mol. The first-order chi connectivity index (χ1) is 8.84. The molecule has 0 radical (unpaired) electrons. The zero-order chi connectivity index (χ0) is 12.4. The first-order valence-electron chi connectivity index (χ1n) is 7.46. The van der Waals surface area contributed by atoms with Crippen LogP contribution in [0.4, 0.5) is 0 Å². The van der Waals surface area contributed by atoms with Gasteiger partial charge in [-0.1, -0.05) is 0 Å². The van der Waals surface area contributed by atoms with Gasteiger partial charge in [0.05, 0.1) is 18.8 Å². The molecule has 1 aliphatic carbocycles. The third-order valence-corrected chi connectivity index (χ3v) is 4.72. The predicted octanol–water partition coefficient (Wildman–Crippen LogP) is 1.16. The molecule has 1 N–H and O–H groups in total. The molecule has 1 amide bonds. The van der Waals surface area contributed by atoms with Crippen LogP contribution in [-0.4, -0.2) is 49.2 Å². The third-order valence-electron chi connectivity index (χ3n) is 4.72. The van der Waals surface area contributed by atoms with Crippen LogP contribution >= 0.6 is 0 Å². The van der Waals surface area contributed by atoms with E-state index in [0.717, 1.165) is 58.3 Å². The van der Waals surface area contributed by atoms with Crippen LogP contribution in [0.1, 0.15) is 38.5 Å². The van der Waals surface area contributed by atoms with E-state index in [1.165, 1.54) is 6.42 Å². The molecule has 102 valence electrons. The summed E-state index contributed by atoms with van der Waals surface area (Å²) in [7, 11) is 0. The molecule has 2 heterocycles. The van der Waals surface area contributed by atoms with Crippen molar-refractivity contribution < 1.29 is 9.53 Å². The summed E-state index contributed by atoms with van der Waals surface area (Å²) in [6.07, 6.45) is 6.89. The Morgan fingerprint density at radius 1 is 1.22 bits per heavy atom. The van der Waals surface area contributed by atoms with Crippen LogP contribution in [0.2, 0.25) is 0 Å². The number of hydrogen-bond acceptors (Lipinski definition) is 3. The Bertz CT molecular complexity index is 302. The summed E-state index contributed by atoms with van der Waals surface area (Å²) in [5, 5.41) is 3.36. The standard InChI is InChI=1S/C14H24N2O2/c17-14(10-11-4-6-15-7-5-11)16-8-9-18-13-3-1-2-12(13)16/h11-13,15H,1-10H2. The van der Waals surface area contributed by atoms with Crippen LogP contribution in [0.25, 0.3) is 0 Å². The highest BCUT2D eigenvalue weighted by atomic mass is 16.5. The molecule has 0 aromatic carbocycles. The number of piperidine rings is 1. The molecule has 3 rings (SSSR count). The van der Waals surface area contributed by atoms with Gasteiger partial charge in [-0.3, -0.25) is 4.79 Å². The van der Waals surface area contributed by atoms with Gasteiger partial charge < -0.3 is 15.0 Å². The van der Waals surface area contributed by atoms with Gasteiger partial charge in [0.2, 0.25) is 5.91 Å². The lowest BCUT2D eigenvalue weighted by Gasteiger charge is -2.38. The molecule has 1 saturated carbocycles. The molecule has 3 fully saturated rings. The van der Waals surface area contributed by atoms with E-state index in [-0.39, 0.29) is 0 Å². The lowest BCUT2D eigenvalue weighted by atomic mass is 9.93. The Balaban J connectivity index is 1.57. The van der Waals surface area contributed by atoms with Crippen LogP contribution in [0.15, 0.2) is 0 Å². The molecule has 4 nitrogen and oxygen atoms in total. The molecular formula is C14H24N2O2. The number of carbonyl (C=O) groups is 1. The fraction of sp³-hybridized carbons (Fsp3) is 0.929. The van der Waals surface area contributed by atoms with Crippen LogP contribution in [0.3, 0.4) is 0 Å². The Morgan fingerprint density at radius 3 is 2.89 bits per heavy atom. The zero-order valence-electron chi connectivity index (χ0n) is 11.1. The number of fused-ring (bicyclic) bond motifs is 1. The van der Waals surface area contributed by atoms with Crippen LogP contribution in [0, 0.1) is 5.92 Å². The molecule has 2 unspecified atom stereocenters. The van der Waals surface area contributed by atoms with Crippen molar-refractivity contribution in [1.82, 2.24) is 10.2 Å². The Hall–Kier alpha value is -0.610. The van der Waals surface area contributed by atoms with E-state index in [1.807, 2.05) is 0 Å². The summed E-state index contributed by atoms with van der Waals surface area (Å²) >= 11 is 0. The molecule has 2 saturated heterocycles. The van der Waals surface area contributed by atoms with Gasteiger partial charge in [0.15, 0.2) is 0 Å². The number of carbonyl (C=O) groups excluding carboxylic acids is 1. The monoisotopic (exact) mass is 252 g/mol. The molecule has 0 aromatic rings. The number of nitrogens with one attached hydrogen (secondary N) is 1. The summed E-state index contributed by atoms with van der Waals surface area (Å²) in [5.41, 5.74) is 0. The summed E-state index contributed by atoms with van der Waals surface area (Å²) < 4.78 is 5.77. The largest absolute Gasteiger partial charge is 0.374 e. The van der Waals surface area contributed by atoms with Crippen molar-refractivity contribution in [1.29, 1.82) is 0 Å². The van der Waals surface area contributed by atoms with Crippen molar-refractivity contribution >= 4 is 5.91 Å². The summed E-state index contributed by atoms with van der Waals surface area (Å²) in [5.74, 6) is 0.976. The maximum atomic E-state index is 12.5. The van der Waals surface area contributed by atoms with Crippen molar-refractivity contribution in [2.45, 2.75) is 50.7 Å². The average Bonchev–Trinajstić information content (AvgIpc) is 2.87. The number of amides is 1. The van der Waals surface area contributed by atoms with Crippen molar-refractivity contribution in [2.24, 2.45) is 5.92 Å². The number of morpholine rings is 1. The van der Waals surface area contributed by atoms with Crippen molar-refractivity contribution in [2.75, 3.05) is 26.2 Å². The van der Waals surface area contributed by atoms with Crippen LogP contribution in [0.5, 0.6) is 0 Å². The van der Waals surface area contributed by atoms with Gasteiger partial charge in [-0.2, -0.15) is 0 Å². The first kappa shape index (κ1) is 12.4. The fourth-order valence-electron chi connectivity index (χ4n) is 3.69. The van der Waals surface area contributed by atoms with Gasteiger partial charge >= 0.3 is 0 Å². The lowest BCUT2D eigenvalue weighted by Crippen LogP contribution is -2.51. The molecule has 4 heteroatoms. The van der Waals surface area contributed by atoms with E-state index in [0.29, 0.717) is 24.0 Å². The number of rotatable bonds is 2. The topological polar surface area (TPSA) is 41.6 Å². The number of nitrogens with zero attached hydrogens (tertiary/aromatic N) is 1. The minimum Gasteiger partial charge on any atom is -0.374 e. The highest BCUT2D eigenvalue weighted by molar-refractivity contribution is 5.77. The molecule has 2 atom stereocenters. The third kappa shape index (κ3) is 2.54. The minimum atomic E-state index is 0.329. The van der Waals surface area contributed by atoms with Crippen molar-refractivity contribution in [3.8, 4) is 0 Å². The SMILES string of the molecule is O=C(CC1CCNCC1)N1CCOC2CCCC21. The Kier molecular flexibility index (Phi) is 3.85. The normalized spacial score (nSPS) is 33.4. The molecule has 18 heavy (non-hydrogen) atoms. The number of hydrogen-bond donors (Lipinski definition) is 1. The summed E-state index contributed by atoms with van der Waals surface area (Å²) in [6.45, 7) is 3.70. The molecule has 0 aromatic heterocycles. The molecular weight excluding hydrogens is 228 g/mol. The minimum absolute atomic E-state index is 0.329. The van der Waals surface area contributed by atoms with Gasteiger partial charge in [-0.25, -0.2) is 0 Å². The maximum Gasteiger partial charge on any atom is 0.223 e. The second kappa shape index (κ2) is 5.57. The molecule has 3 aliphatic rings. The predicted molar refractivity (Wildman–Crippen MR) is 69.3 cm³/mol. The van der Waals surface area contributed by atoms with E-state index in [1.54, 1.807) is 0 Å². The van der Waals surface area contributed by atoms with Gasteiger partial charge in [0.1, 0.15) is 0 Å². The van der Waals surface area contributed by atoms with E-state index in [4.69, 9.17) is 4.74 Å². The van der Waals surface area contributed by atoms with E-state index >= 15 is 0 Å². The van der Waals surface area contributed by atoms with Crippen LogP contribution in [-0.2, 0) is 9.53 Å². The second-order valence-electron chi connectivity index (χ2n) is 5.89. The van der Waals surface area contributed by atoms with Crippen molar-refractivity contribution in [3.63, 3.8) is 0 Å². The molecule has 0 bridgehead atoms. The maximum absolute atomic E-state index is 12.5. The van der Waals surface area contributed by atoms with Gasteiger partial charge in [-0.15, -0.1) is 0 Å². The van der Waals surface area contributed by atoms with Gasteiger partial charge in [0, 0.05) is 13.0 Å². The second-order valence-corrected chi connectivity index (χ2v) is 5.89.